The van der Waals surface area contributed by atoms with Crippen molar-refractivity contribution in [3.63, 3.8) is 0 Å². The van der Waals surface area contributed by atoms with Gasteiger partial charge in [-0.3, -0.25) is 4.79 Å². The summed E-state index contributed by atoms with van der Waals surface area (Å²) in [5.74, 6) is -0.933. The number of thioether (sulfide) groups is 1. The van der Waals surface area contributed by atoms with Crippen molar-refractivity contribution in [1.82, 2.24) is 4.98 Å². The third kappa shape index (κ3) is 3.56. The van der Waals surface area contributed by atoms with E-state index in [-0.39, 0.29) is 0 Å². The average molecular weight is 407 g/mol. The van der Waals surface area contributed by atoms with Crippen molar-refractivity contribution < 1.29 is 9.90 Å². The molecule has 1 aliphatic rings. The Morgan fingerprint density at radius 2 is 1.96 bits per heavy atom. The van der Waals surface area contributed by atoms with Crippen molar-refractivity contribution in [2.24, 2.45) is 0 Å². The van der Waals surface area contributed by atoms with Crippen LogP contribution in [-0.4, -0.2) is 16.1 Å². The van der Waals surface area contributed by atoms with Gasteiger partial charge >= 0.3 is 5.97 Å². The van der Waals surface area contributed by atoms with Gasteiger partial charge in [0.15, 0.2) is 0 Å². The van der Waals surface area contributed by atoms with Crippen LogP contribution in [0.2, 0.25) is 0 Å². The van der Waals surface area contributed by atoms with E-state index in [0.717, 1.165) is 59.1 Å². The fourth-order valence-corrected chi connectivity index (χ4v) is 5.45. The maximum absolute atomic E-state index is 12.0. The number of carboxylic acids is 1. The predicted octanol–water partition coefficient (Wildman–Crippen LogP) is 5.48. The zero-order valence-electron chi connectivity index (χ0n) is 15.1. The molecule has 4 nitrogen and oxygen atoms in total. The Bertz CT molecular complexity index is 1040. The molecule has 1 aromatic carbocycles. The number of fused-ring (bicyclic) bond motifs is 1. The fourth-order valence-electron chi connectivity index (χ4n) is 3.60. The zero-order valence-corrected chi connectivity index (χ0v) is 16.7. The molecule has 2 heterocycles. The minimum atomic E-state index is -0.933. The second-order valence-corrected chi connectivity index (χ2v) is 8.68. The summed E-state index contributed by atoms with van der Waals surface area (Å²) in [6.45, 7) is 0. The van der Waals surface area contributed by atoms with Gasteiger partial charge in [0, 0.05) is 16.1 Å². The third-order valence-corrected chi connectivity index (χ3v) is 6.99. The lowest BCUT2D eigenvalue weighted by molar-refractivity contribution is -0.136. The first-order chi connectivity index (χ1) is 13.7. The Kier molecular flexibility index (Phi) is 5.47. The number of aliphatic carboxylic acids is 1. The summed E-state index contributed by atoms with van der Waals surface area (Å²) in [7, 11) is 0. The van der Waals surface area contributed by atoms with Crippen LogP contribution < -0.4 is 0 Å². The van der Waals surface area contributed by atoms with Gasteiger partial charge in [-0.2, -0.15) is 5.26 Å². The molecule has 0 saturated carbocycles. The van der Waals surface area contributed by atoms with Crippen LogP contribution in [-0.2, 0) is 17.6 Å². The molecular weight excluding hydrogens is 388 g/mol. The standard InChI is InChI=1S/C22H18N2O2S2/c23-13-16-19(18-11-6-12-27-18)15-9-4-5-10-17(15)24-21(16)28-20(22(25)26)14-7-2-1-3-8-14/h1-3,6-8,11-12,20H,4-5,9-10H2,(H,25,26)/t20-/m0/s1. The first-order valence-electron chi connectivity index (χ1n) is 9.13. The summed E-state index contributed by atoms with van der Waals surface area (Å²) in [5, 5.41) is 21.5. The van der Waals surface area contributed by atoms with Crippen LogP contribution in [0.4, 0.5) is 0 Å². The number of nitriles is 1. The van der Waals surface area contributed by atoms with Gasteiger partial charge in [0.25, 0.3) is 0 Å². The molecule has 0 unspecified atom stereocenters. The number of thiophene rings is 1. The lowest BCUT2D eigenvalue weighted by atomic mass is 9.89. The Morgan fingerprint density at radius 3 is 2.64 bits per heavy atom. The smallest absolute Gasteiger partial charge is 0.321 e. The molecule has 0 radical (unpaired) electrons. The van der Waals surface area contributed by atoms with Gasteiger partial charge in [0.05, 0.1) is 5.56 Å². The molecular formula is C22H18N2O2S2. The summed E-state index contributed by atoms with van der Waals surface area (Å²) in [6, 6.07) is 15.5. The number of aryl methyl sites for hydroxylation is 1. The van der Waals surface area contributed by atoms with Gasteiger partial charge < -0.3 is 5.11 Å². The van der Waals surface area contributed by atoms with E-state index in [2.05, 4.69) is 6.07 Å². The number of hydrogen-bond acceptors (Lipinski definition) is 5. The van der Waals surface area contributed by atoms with Crippen LogP contribution in [0.25, 0.3) is 10.4 Å². The first kappa shape index (κ1) is 18.7. The fraction of sp³-hybridized carbons (Fsp3) is 0.227. The van der Waals surface area contributed by atoms with Crippen LogP contribution in [0.3, 0.4) is 0 Å². The van der Waals surface area contributed by atoms with E-state index < -0.39 is 11.2 Å². The van der Waals surface area contributed by atoms with Crippen molar-refractivity contribution in [2.75, 3.05) is 0 Å². The Morgan fingerprint density at radius 1 is 1.18 bits per heavy atom. The molecule has 0 fully saturated rings. The van der Waals surface area contributed by atoms with Crippen molar-refractivity contribution in [1.29, 1.82) is 5.26 Å². The molecule has 1 atom stereocenters. The summed E-state index contributed by atoms with van der Waals surface area (Å²) in [4.78, 5) is 17.8. The van der Waals surface area contributed by atoms with E-state index in [1.807, 2.05) is 35.7 Å². The molecule has 2 aromatic heterocycles. The number of pyridine rings is 1. The number of carbonyl (C=O) groups is 1. The van der Waals surface area contributed by atoms with Crippen molar-refractivity contribution >= 4 is 29.1 Å². The van der Waals surface area contributed by atoms with Gasteiger partial charge in [-0.25, -0.2) is 4.98 Å². The highest BCUT2D eigenvalue weighted by Gasteiger charge is 2.28. The van der Waals surface area contributed by atoms with Gasteiger partial charge in [-0.1, -0.05) is 48.2 Å². The van der Waals surface area contributed by atoms with E-state index in [1.165, 1.54) is 0 Å². The molecule has 0 spiro atoms. The predicted molar refractivity (Wildman–Crippen MR) is 112 cm³/mol. The lowest BCUT2D eigenvalue weighted by Crippen LogP contribution is -2.12. The second-order valence-electron chi connectivity index (χ2n) is 6.64. The van der Waals surface area contributed by atoms with Gasteiger partial charge in [-0.15, -0.1) is 11.3 Å². The minimum Gasteiger partial charge on any atom is -0.480 e. The summed E-state index contributed by atoms with van der Waals surface area (Å²) >= 11 is 2.76. The van der Waals surface area contributed by atoms with Crippen molar-refractivity contribution in [3.8, 4) is 16.5 Å². The van der Waals surface area contributed by atoms with Crippen molar-refractivity contribution in [2.45, 2.75) is 36.0 Å². The zero-order chi connectivity index (χ0) is 19.5. The molecule has 0 bridgehead atoms. The molecule has 4 rings (SSSR count). The number of rotatable bonds is 5. The van der Waals surface area contributed by atoms with Crippen molar-refractivity contribution in [3.05, 3.63) is 70.2 Å². The van der Waals surface area contributed by atoms with Crippen LogP contribution in [0.1, 0.15) is 40.5 Å². The Labute approximate surface area is 171 Å². The molecule has 28 heavy (non-hydrogen) atoms. The van der Waals surface area contributed by atoms with Crippen LogP contribution in [0.5, 0.6) is 0 Å². The number of aromatic nitrogens is 1. The quantitative estimate of drug-likeness (QED) is 0.568. The highest BCUT2D eigenvalue weighted by Crippen LogP contribution is 2.43. The van der Waals surface area contributed by atoms with Crippen LogP contribution in [0.15, 0.2) is 52.9 Å². The molecule has 0 amide bonds. The molecule has 3 aromatic rings. The summed E-state index contributed by atoms with van der Waals surface area (Å²) in [6.07, 6.45) is 3.94. The van der Waals surface area contributed by atoms with E-state index in [4.69, 9.17) is 4.98 Å². The van der Waals surface area contributed by atoms with Crippen LogP contribution in [0, 0.1) is 11.3 Å². The number of hydrogen-bond donors (Lipinski definition) is 1. The Hall–Kier alpha value is -2.62. The largest absolute Gasteiger partial charge is 0.480 e. The SMILES string of the molecule is N#Cc1c(S[C@H](C(=O)O)c2ccccc2)nc2c(c1-c1cccs1)CCCC2. The second kappa shape index (κ2) is 8.17. The molecule has 6 heteroatoms. The van der Waals surface area contributed by atoms with Gasteiger partial charge in [0.2, 0.25) is 0 Å². The first-order valence-corrected chi connectivity index (χ1v) is 10.9. The summed E-state index contributed by atoms with van der Waals surface area (Å²) < 4.78 is 0. The number of benzene rings is 1. The molecule has 1 N–H and O–H groups in total. The number of nitrogens with zero attached hydrogens (tertiary/aromatic N) is 2. The van der Waals surface area contributed by atoms with Gasteiger partial charge in [0.1, 0.15) is 16.3 Å². The highest BCUT2D eigenvalue weighted by atomic mass is 32.2. The highest BCUT2D eigenvalue weighted by molar-refractivity contribution is 8.00. The minimum absolute atomic E-state index is 0.496. The maximum Gasteiger partial charge on any atom is 0.321 e. The topological polar surface area (TPSA) is 74.0 Å². The van der Waals surface area contributed by atoms with E-state index in [9.17, 15) is 15.2 Å². The molecule has 0 aliphatic heterocycles. The van der Waals surface area contributed by atoms with E-state index in [1.54, 1.807) is 23.5 Å². The maximum atomic E-state index is 12.0. The lowest BCUT2D eigenvalue weighted by Gasteiger charge is -2.22. The normalized spacial score (nSPS) is 14.1. The third-order valence-electron chi connectivity index (χ3n) is 4.88. The monoisotopic (exact) mass is 406 g/mol. The van der Waals surface area contributed by atoms with Crippen LogP contribution >= 0.6 is 23.1 Å². The van der Waals surface area contributed by atoms with E-state index >= 15 is 0 Å². The summed E-state index contributed by atoms with van der Waals surface area (Å²) in [5.41, 5.74) is 4.30. The molecule has 0 saturated heterocycles. The molecule has 140 valence electrons. The van der Waals surface area contributed by atoms with Gasteiger partial charge in [-0.05, 0) is 48.3 Å². The molecule has 1 aliphatic carbocycles. The Balaban J connectivity index is 1.86. The number of carboxylic acid groups (broad SMARTS) is 1. The van der Waals surface area contributed by atoms with E-state index in [0.29, 0.717) is 16.2 Å². The average Bonchev–Trinajstić information content (AvgIpc) is 3.25.